The lowest BCUT2D eigenvalue weighted by atomic mass is 9.90. The van der Waals surface area contributed by atoms with Crippen molar-refractivity contribution in [3.05, 3.63) is 0 Å². The molecule has 0 spiro atoms. The summed E-state index contributed by atoms with van der Waals surface area (Å²) in [4.78, 5) is 11.6. The number of carbonyl (C=O) groups is 1. The van der Waals surface area contributed by atoms with Gasteiger partial charge in [0, 0.05) is 24.3 Å². The lowest BCUT2D eigenvalue weighted by Crippen LogP contribution is -2.44. The molecular weight excluding hydrogens is 224 g/mol. The van der Waals surface area contributed by atoms with E-state index in [-0.39, 0.29) is 24.8 Å². The van der Waals surface area contributed by atoms with Gasteiger partial charge >= 0.3 is 0 Å². The molecule has 1 rings (SSSR count). The van der Waals surface area contributed by atoms with Crippen molar-refractivity contribution in [3.63, 3.8) is 0 Å². The molecule has 0 aromatic rings. The Morgan fingerprint density at radius 2 is 1.59 bits per heavy atom. The highest BCUT2D eigenvalue weighted by molar-refractivity contribution is 5.81. The molecular formula is C13H25F2NO. The zero-order valence-electron chi connectivity index (χ0n) is 11.6. The van der Waals surface area contributed by atoms with E-state index in [1.165, 1.54) is 0 Å². The van der Waals surface area contributed by atoms with Gasteiger partial charge in [0.1, 0.15) is 0 Å². The molecule has 0 radical (unpaired) electrons. The number of alkyl halides is 2. The number of amides is 1. The van der Waals surface area contributed by atoms with E-state index >= 15 is 0 Å². The van der Waals surface area contributed by atoms with E-state index in [9.17, 15) is 13.6 Å². The smallest absolute Gasteiger partial charge is 0.248 e. The SMILES string of the molecule is CC.CC(C)(C)C(=O)NC1CCC(F)(F)CC1. The van der Waals surface area contributed by atoms with Crippen molar-refractivity contribution < 1.29 is 13.6 Å². The van der Waals surface area contributed by atoms with Crippen LogP contribution in [0.3, 0.4) is 0 Å². The van der Waals surface area contributed by atoms with Crippen LogP contribution in [0.25, 0.3) is 0 Å². The number of hydrogen-bond donors (Lipinski definition) is 1. The first-order chi connectivity index (χ1) is 7.71. The maximum absolute atomic E-state index is 12.8. The molecule has 1 saturated carbocycles. The van der Waals surface area contributed by atoms with Crippen molar-refractivity contribution >= 4 is 5.91 Å². The summed E-state index contributed by atoms with van der Waals surface area (Å²) in [5.41, 5.74) is -0.444. The maximum atomic E-state index is 12.8. The summed E-state index contributed by atoms with van der Waals surface area (Å²) in [7, 11) is 0. The summed E-state index contributed by atoms with van der Waals surface area (Å²) in [6, 6.07) is -0.0728. The average molecular weight is 249 g/mol. The van der Waals surface area contributed by atoms with Crippen LogP contribution < -0.4 is 5.32 Å². The summed E-state index contributed by atoms with van der Waals surface area (Å²) in [5.74, 6) is -2.58. The van der Waals surface area contributed by atoms with Gasteiger partial charge in [-0.1, -0.05) is 34.6 Å². The van der Waals surface area contributed by atoms with Gasteiger partial charge in [-0.15, -0.1) is 0 Å². The van der Waals surface area contributed by atoms with Crippen molar-refractivity contribution in [2.24, 2.45) is 5.41 Å². The number of halogens is 2. The van der Waals surface area contributed by atoms with Crippen molar-refractivity contribution in [1.29, 1.82) is 0 Å². The third-order valence-electron chi connectivity index (χ3n) is 2.73. The second kappa shape index (κ2) is 6.31. The van der Waals surface area contributed by atoms with Crippen LogP contribution >= 0.6 is 0 Å². The number of hydrogen-bond acceptors (Lipinski definition) is 1. The van der Waals surface area contributed by atoms with Gasteiger partial charge < -0.3 is 5.32 Å². The van der Waals surface area contributed by atoms with Crippen molar-refractivity contribution in [3.8, 4) is 0 Å². The predicted molar refractivity (Wildman–Crippen MR) is 66.1 cm³/mol. The van der Waals surface area contributed by atoms with E-state index in [1.807, 2.05) is 34.6 Å². The summed E-state index contributed by atoms with van der Waals surface area (Å²) in [6.45, 7) is 9.46. The lowest BCUT2D eigenvalue weighted by Gasteiger charge is -2.30. The monoisotopic (exact) mass is 249 g/mol. The second-order valence-electron chi connectivity index (χ2n) is 5.35. The highest BCUT2D eigenvalue weighted by Gasteiger charge is 2.36. The Morgan fingerprint density at radius 3 is 1.94 bits per heavy atom. The van der Waals surface area contributed by atoms with E-state index in [4.69, 9.17) is 0 Å². The van der Waals surface area contributed by atoms with E-state index in [1.54, 1.807) is 0 Å². The Hall–Kier alpha value is -0.670. The van der Waals surface area contributed by atoms with Crippen LogP contribution in [0.5, 0.6) is 0 Å². The lowest BCUT2D eigenvalue weighted by molar-refractivity contribution is -0.130. The molecule has 17 heavy (non-hydrogen) atoms. The molecule has 4 heteroatoms. The maximum Gasteiger partial charge on any atom is 0.248 e. The van der Waals surface area contributed by atoms with Crippen LogP contribution in [0.15, 0.2) is 0 Å². The Bertz CT molecular complexity index is 236. The molecule has 2 nitrogen and oxygen atoms in total. The summed E-state index contributed by atoms with van der Waals surface area (Å²) in [5, 5.41) is 2.82. The molecule has 0 bridgehead atoms. The Morgan fingerprint density at radius 1 is 1.18 bits per heavy atom. The van der Waals surface area contributed by atoms with Gasteiger partial charge in [-0.25, -0.2) is 8.78 Å². The first-order valence-electron chi connectivity index (χ1n) is 6.39. The van der Waals surface area contributed by atoms with Crippen LogP contribution in [0, 0.1) is 5.41 Å². The van der Waals surface area contributed by atoms with Crippen molar-refractivity contribution in [2.45, 2.75) is 72.3 Å². The van der Waals surface area contributed by atoms with Gasteiger partial charge in [0.15, 0.2) is 0 Å². The number of carbonyl (C=O) groups excluding carboxylic acids is 1. The molecule has 1 aliphatic carbocycles. The molecule has 0 unspecified atom stereocenters. The first kappa shape index (κ1) is 16.3. The molecule has 0 atom stereocenters. The fourth-order valence-electron chi connectivity index (χ4n) is 1.59. The van der Waals surface area contributed by atoms with E-state index < -0.39 is 11.3 Å². The average Bonchev–Trinajstić information content (AvgIpc) is 2.23. The predicted octanol–water partition coefficient (Wildman–Crippen LogP) is 3.75. The molecule has 1 N–H and O–H groups in total. The number of rotatable bonds is 1. The van der Waals surface area contributed by atoms with Crippen LogP contribution in [0.2, 0.25) is 0 Å². The third kappa shape index (κ3) is 5.99. The van der Waals surface area contributed by atoms with Gasteiger partial charge in [0.05, 0.1) is 0 Å². The molecule has 1 amide bonds. The molecule has 0 aromatic carbocycles. The Kier molecular flexibility index (Phi) is 6.06. The largest absolute Gasteiger partial charge is 0.353 e. The first-order valence-corrected chi connectivity index (χ1v) is 6.39. The minimum absolute atomic E-state index is 0.0577. The standard InChI is InChI=1S/C11H19F2NO.C2H6/c1-10(2,3)9(15)14-8-4-6-11(12,13)7-5-8;1-2/h8H,4-7H2,1-3H3,(H,14,15);1-2H3. The molecule has 102 valence electrons. The van der Waals surface area contributed by atoms with Gasteiger partial charge in [-0.2, -0.15) is 0 Å². The molecule has 0 aliphatic heterocycles. The molecule has 0 saturated heterocycles. The molecule has 1 aliphatic rings. The van der Waals surface area contributed by atoms with E-state index in [0.717, 1.165) is 0 Å². The van der Waals surface area contributed by atoms with Gasteiger partial charge in [-0.3, -0.25) is 4.79 Å². The summed E-state index contributed by atoms with van der Waals surface area (Å²) >= 11 is 0. The quantitative estimate of drug-likeness (QED) is 0.753. The zero-order valence-corrected chi connectivity index (χ0v) is 11.6. The minimum Gasteiger partial charge on any atom is -0.353 e. The second-order valence-corrected chi connectivity index (χ2v) is 5.35. The molecule has 0 heterocycles. The van der Waals surface area contributed by atoms with Crippen LogP contribution in [-0.4, -0.2) is 17.9 Å². The highest BCUT2D eigenvalue weighted by Crippen LogP contribution is 2.33. The van der Waals surface area contributed by atoms with Crippen LogP contribution in [-0.2, 0) is 4.79 Å². The molecule has 0 aromatic heterocycles. The fourth-order valence-corrected chi connectivity index (χ4v) is 1.59. The van der Waals surface area contributed by atoms with Crippen LogP contribution in [0.4, 0.5) is 8.78 Å². The Labute approximate surface area is 103 Å². The van der Waals surface area contributed by atoms with Crippen molar-refractivity contribution in [1.82, 2.24) is 5.32 Å². The van der Waals surface area contributed by atoms with E-state index in [2.05, 4.69) is 5.32 Å². The highest BCUT2D eigenvalue weighted by atomic mass is 19.3. The fraction of sp³-hybridized carbons (Fsp3) is 0.923. The minimum atomic E-state index is -2.52. The van der Waals surface area contributed by atoms with Gasteiger partial charge in [-0.05, 0) is 12.8 Å². The Balaban J connectivity index is 0.00000121. The van der Waals surface area contributed by atoms with Gasteiger partial charge in [0.25, 0.3) is 0 Å². The van der Waals surface area contributed by atoms with E-state index in [0.29, 0.717) is 12.8 Å². The summed E-state index contributed by atoms with van der Waals surface area (Å²) < 4.78 is 25.7. The third-order valence-corrected chi connectivity index (χ3v) is 2.73. The normalized spacial score (nSPS) is 20.2. The van der Waals surface area contributed by atoms with Crippen LogP contribution in [0.1, 0.15) is 60.3 Å². The summed E-state index contributed by atoms with van der Waals surface area (Å²) in [6.07, 6.45) is 0.549. The zero-order chi connectivity index (χ0) is 13.7. The topological polar surface area (TPSA) is 29.1 Å². The van der Waals surface area contributed by atoms with Gasteiger partial charge in [0.2, 0.25) is 11.8 Å². The number of nitrogens with one attached hydrogen (secondary N) is 1. The van der Waals surface area contributed by atoms with Crippen molar-refractivity contribution in [2.75, 3.05) is 0 Å². The molecule has 1 fully saturated rings.